The van der Waals surface area contributed by atoms with Gasteiger partial charge in [-0.05, 0) is 50.7 Å². The van der Waals surface area contributed by atoms with Crippen molar-refractivity contribution < 1.29 is 19.3 Å². The highest BCUT2D eigenvalue weighted by atomic mass is 16.6. The van der Waals surface area contributed by atoms with Crippen molar-refractivity contribution in [2.45, 2.75) is 58.0 Å². The number of nitro groups is 1. The fourth-order valence-electron chi connectivity index (χ4n) is 4.13. The number of nitrogens with zero attached hydrogens (tertiary/aromatic N) is 2. The van der Waals surface area contributed by atoms with Crippen molar-refractivity contribution >= 4 is 17.9 Å². The monoisotopic (exact) mass is 413 g/mol. The normalized spacial score (nSPS) is 19.9. The van der Waals surface area contributed by atoms with E-state index in [1.165, 1.54) is 19.2 Å². The Morgan fingerprint density at radius 3 is 2.70 bits per heavy atom. The van der Waals surface area contributed by atoms with Gasteiger partial charge in [0.15, 0.2) is 0 Å². The summed E-state index contributed by atoms with van der Waals surface area (Å²) in [4.78, 5) is 29.0. The molecule has 1 aliphatic heterocycles. The molecule has 1 saturated carbocycles. The third-order valence-electron chi connectivity index (χ3n) is 5.62. The number of hydrogen-bond acceptors (Lipinski definition) is 7. The van der Waals surface area contributed by atoms with E-state index < -0.39 is 16.8 Å². The lowest BCUT2D eigenvalue weighted by Crippen LogP contribution is -2.29. The minimum Gasteiger partial charge on any atom is -0.466 e. The van der Waals surface area contributed by atoms with Crippen molar-refractivity contribution in [2.75, 3.05) is 7.11 Å². The smallest absolute Gasteiger partial charge is 0.336 e. The number of rotatable bonds is 7. The van der Waals surface area contributed by atoms with Crippen LogP contribution in [0.25, 0.3) is 0 Å². The van der Waals surface area contributed by atoms with E-state index in [1.807, 2.05) is 6.92 Å². The van der Waals surface area contributed by atoms with Gasteiger partial charge in [0.1, 0.15) is 6.10 Å². The Balaban J connectivity index is 1.94. The lowest BCUT2D eigenvalue weighted by atomic mass is 9.79. The first-order valence-electron chi connectivity index (χ1n) is 10.1. The summed E-state index contributed by atoms with van der Waals surface area (Å²) in [6.07, 6.45) is 6.66. The van der Waals surface area contributed by atoms with E-state index in [1.54, 1.807) is 25.3 Å². The van der Waals surface area contributed by atoms with E-state index >= 15 is 0 Å². The SMILES string of the molecule is COC(=O)C1=C(C)NC(C)=C(CC=NOC2CCCC2)C1c1cccc([N+](=O)[O-])c1. The van der Waals surface area contributed by atoms with Gasteiger partial charge < -0.3 is 14.9 Å². The minimum absolute atomic E-state index is 0.0249. The number of oxime groups is 1. The van der Waals surface area contributed by atoms with E-state index in [0.29, 0.717) is 23.3 Å². The van der Waals surface area contributed by atoms with E-state index in [4.69, 9.17) is 9.57 Å². The molecular formula is C22H27N3O5. The first kappa shape index (κ1) is 21.5. The number of carbonyl (C=O) groups is 1. The van der Waals surface area contributed by atoms with Gasteiger partial charge in [-0.3, -0.25) is 10.1 Å². The Hall–Kier alpha value is -3.16. The number of allylic oxidation sites excluding steroid dienone is 3. The lowest BCUT2D eigenvalue weighted by Gasteiger charge is -2.31. The summed E-state index contributed by atoms with van der Waals surface area (Å²) in [5.41, 5.74) is 3.50. The highest BCUT2D eigenvalue weighted by molar-refractivity contribution is 5.93. The molecule has 1 atom stereocenters. The Kier molecular flexibility index (Phi) is 6.87. The van der Waals surface area contributed by atoms with Gasteiger partial charge >= 0.3 is 5.97 Å². The molecule has 1 fully saturated rings. The molecular weight excluding hydrogens is 386 g/mol. The molecule has 0 radical (unpaired) electrons. The minimum atomic E-state index is -0.475. The van der Waals surface area contributed by atoms with Crippen LogP contribution < -0.4 is 5.32 Å². The molecule has 0 saturated heterocycles. The fraction of sp³-hybridized carbons (Fsp3) is 0.455. The molecule has 1 heterocycles. The van der Waals surface area contributed by atoms with Gasteiger partial charge in [0.25, 0.3) is 5.69 Å². The summed E-state index contributed by atoms with van der Waals surface area (Å²) in [7, 11) is 1.33. The zero-order valence-corrected chi connectivity index (χ0v) is 17.5. The average Bonchev–Trinajstić information content (AvgIpc) is 3.25. The Morgan fingerprint density at radius 2 is 2.03 bits per heavy atom. The van der Waals surface area contributed by atoms with E-state index in [9.17, 15) is 14.9 Å². The van der Waals surface area contributed by atoms with Gasteiger partial charge in [-0.15, -0.1) is 0 Å². The van der Waals surface area contributed by atoms with Gasteiger partial charge in [-0.2, -0.15) is 0 Å². The maximum atomic E-state index is 12.6. The number of nitro benzene ring substituents is 1. The summed E-state index contributed by atoms with van der Waals surface area (Å²) in [6, 6.07) is 6.36. The lowest BCUT2D eigenvalue weighted by molar-refractivity contribution is -0.384. The van der Waals surface area contributed by atoms with Crippen LogP contribution in [0.15, 0.2) is 52.0 Å². The van der Waals surface area contributed by atoms with Crippen molar-refractivity contribution in [1.82, 2.24) is 5.32 Å². The van der Waals surface area contributed by atoms with Crippen LogP contribution in [-0.2, 0) is 14.4 Å². The van der Waals surface area contributed by atoms with Crippen molar-refractivity contribution in [3.8, 4) is 0 Å². The summed E-state index contributed by atoms with van der Waals surface area (Å²) in [6.45, 7) is 3.72. The number of non-ortho nitro benzene ring substituents is 1. The zero-order chi connectivity index (χ0) is 21.7. The third-order valence-corrected chi connectivity index (χ3v) is 5.62. The second-order valence-electron chi connectivity index (χ2n) is 7.59. The second kappa shape index (κ2) is 9.56. The summed E-state index contributed by atoms with van der Waals surface area (Å²) in [5.74, 6) is -0.947. The molecule has 0 bridgehead atoms. The Bertz CT molecular complexity index is 913. The van der Waals surface area contributed by atoms with Crippen molar-refractivity contribution in [3.63, 3.8) is 0 Å². The molecule has 0 amide bonds. The zero-order valence-electron chi connectivity index (χ0n) is 17.5. The van der Waals surface area contributed by atoms with Crippen molar-refractivity contribution in [2.24, 2.45) is 5.16 Å². The molecule has 0 spiro atoms. The molecule has 0 aromatic heterocycles. The number of carbonyl (C=O) groups excluding carboxylic acids is 1. The Labute approximate surface area is 175 Å². The summed E-state index contributed by atoms with van der Waals surface area (Å²) < 4.78 is 5.01. The molecule has 160 valence electrons. The fourth-order valence-corrected chi connectivity index (χ4v) is 4.13. The summed E-state index contributed by atoms with van der Waals surface area (Å²) >= 11 is 0. The van der Waals surface area contributed by atoms with E-state index in [2.05, 4.69) is 10.5 Å². The maximum Gasteiger partial charge on any atom is 0.336 e. The number of benzene rings is 1. The van der Waals surface area contributed by atoms with E-state index in [-0.39, 0.29) is 11.8 Å². The molecule has 1 aliphatic carbocycles. The van der Waals surface area contributed by atoms with Crippen LogP contribution >= 0.6 is 0 Å². The quantitative estimate of drug-likeness (QED) is 0.309. The van der Waals surface area contributed by atoms with Gasteiger partial charge in [0.05, 0.1) is 17.6 Å². The van der Waals surface area contributed by atoms with Crippen LogP contribution in [0, 0.1) is 10.1 Å². The van der Waals surface area contributed by atoms with Crippen molar-refractivity contribution in [1.29, 1.82) is 0 Å². The maximum absolute atomic E-state index is 12.6. The van der Waals surface area contributed by atoms with Gasteiger partial charge in [-0.25, -0.2) is 4.79 Å². The van der Waals surface area contributed by atoms with Crippen LogP contribution in [0.3, 0.4) is 0 Å². The molecule has 1 aromatic carbocycles. The van der Waals surface area contributed by atoms with Crippen LogP contribution in [0.1, 0.15) is 57.4 Å². The molecule has 3 rings (SSSR count). The number of dihydropyridines is 1. The van der Waals surface area contributed by atoms with Gasteiger partial charge in [0.2, 0.25) is 0 Å². The first-order chi connectivity index (χ1) is 14.4. The molecule has 2 aliphatic rings. The third kappa shape index (κ3) is 4.69. The molecule has 1 unspecified atom stereocenters. The number of hydrogen-bond donors (Lipinski definition) is 1. The molecule has 1 N–H and O–H groups in total. The average molecular weight is 413 g/mol. The molecule has 8 heteroatoms. The van der Waals surface area contributed by atoms with Crippen molar-refractivity contribution in [3.05, 3.63) is 62.5 Å². The topological polar surface area (TPSA) is 103 Å². The highest BCUT2D eigenvalue weighted by Crippen LogP contribution is 2.40. The molecule has 8 nitrogen and oxygen atoms in total. The van der Waals surface area contributed by atoms with Crippen LogP contribution in [-0.4, -0.2) is 30.3 Å². The predicted octanol–water partition coefficient (Wildman–Crippen LogP) is 4.34. The van der Waals surface area contributed by atoms with E-state index in [0.717, 1.165) is 37.0 Å². The van der Waals surface area contributed by atoms with Crippen LogP contribution in [0.4, 0.5) is 5.69 Å². The number of esters is 1. The Morgan fingerprint density at radius 1 is 1.30 bits per heavy atom. The number of methoxy groups -OCH3 is 1. The second-order valence-corrected chi connectivity index (χ2v) is 7.59. The van der Waals surface area contributed by atoms with Crippen LogP contribution in [0.5, 0.6) is 0 Å². The molecule has 1 aromatic rings. The number of ether oxygens (including phenoxy) is 1. The highest BCUT2D eigenvalue weighted by Gasteiger charge is 2.34. The summed E-state index contributed by atoms with van der Waals surface area (Å²) in [5, 5.41) is 18.7. The predicted molar refractivity (Wildman–Crippen MR) is 113 cm³/mol. The standard InChI is InChI=1S/C22H27N3O5/c1-14-19(11-12-23-30-18-9-4-5-10-18)21(20(15(2)24-14)22(26)29-3)16-7-6-8-17(13-16)25(27)28/h6-8,12-13,18,21,24H,4-5,9-11H2,1-3H3. The molecule has 30 heavy (non-hydrogen) atoms. The van der Waals surface area contributed by atoms with Gasteiger partial charge in [0, 0.05) is 42.1 Å². The first-order valence-corrected chi connectivity index (χ1v) is 10.1. The van der Waals surface area contributed by atoms with Gasteiger partial charge in [-0.1, -0.05) is 17.3 Å². The largest absolute Gasteiger partial charge is 0.466 e. The van der Waals surface area contributed by atoms with Crippen LogP contribution in [0.2, 0.25) is 0 Å². The number of nitrogens with one attached hydrogen (secondary N) is 1.